The maximum atomic E-state index is 12.6. The van der Waals surface area contributed by atoms with Gasteiger partial charge in [0.15, 0.2) is 11.5 Å². The number of nitrogens with two attached hydrogens (primary N) is 1. The molecule has 0 saturated heterocycles. The summed E-state index contributed by atoms with van der Waals surface area (Å²) in [6.45, 7) is 1.42. The number of carbonyl (C=O) groups excluding carboxylic acids is 3. The van der Waals surface area contributed by atoms with E-state index in [0.29, 0.717) is 17.1 Å². The minimum Gasteiger partial charge on any atom is -0.493 e. The lowest BCUT2D eigenvalue weighted by molar-refractivity contribution is -0.135. The van der Waals surface area contributed by atoms with Crippen molar-refractivity contribution >= 4 is 17.6 Å². The van der Waals surface area contributed by atoms with Crippen molar-refractivity contribution in [3.05, 3.63) is 23.8 Å². The summed E-state index contributed by atoms with van der Waals surface area (Å²) in [5.41, 5.74) is 4.71. The van der Waals surface area contributed by atoms with E-state index in [2.05, 4.69) is 0 Å². The van der Waals surface area contributed by atoms with Gasteiger partial charge in [0.05, 0.1) is 19.6 Å². The smallest absolute Gasteiger partial charge is 0.223 e. The summed E-state index contributed by atoms with van der Waals surface area (Å²) in [4.78, 5) is 37.7. The molecule has 0 heterocycles. The normalized spacial score (nSPS) is 12.8. The fourth-order valence-electron chi connectivity index (χ4n) is 2.73. The molecule has 138 valence electrons. The van der Waals surface area contributed by atoms with Gasteiger partial charge in [0.25, 0.3) is 0 Å². The molecule has 1 atom stereocenters. The van der Waals surface area contributed by atoms with Crippen LogP contribution in [0.1, 0.15) is 31.7 Å². The summed E-state index contributed by atoms with van der Waals surface area (Å²) in [5.74, 6) is 0.00794. The summed E-state index contributed by atoms with van der Waals surface area (Å²) in [6, 6.07) is 5.06. The number of methoxy groups -OCH3 is 2. The van der Waals surface area contributed by atoms with Gasteiger partial charge in [-0.25, -0.2) is 0 Å². The molecule has 0 aliphatic carbocycles. The van der Waals surface area contributed by atoms with Crippen LogP contribution in [0.3, 0.4) is 0 Å². The van der Waals surface area contributed by atoms with Gasteiger partial charge >= 0.3 is 0 Å². The topological polar surface area (TPSA) is 98.9 Å². The Morgan fingerprint density at radius 1 is 1.12 bits per heavy atom. The first-order valence-corrected chi connectivity index (χ1v) is 7.90. The van der Waals surface area contributed by atoms with Gasteiger partial charge in [-0.05, 0) is 31.0 Å². The van der Waals surface area contributed by atoms with E-state index in [1.807, 2.05) is 0 Å². The molecule has 1 aromatic carbocycles. The third kappa shape index (κ3) is 4.71. The van der Waals surface area contributed by atoms with E-state index < -0.39 is 11.3 Å². The number of Topliss-reactive ketones (excluding diaryl/α,β-unsaturated/α-hetero) is 1. The third-order valence-electron chi connectivity index (χ3n) is 4.36. The predicted octanol–water partition coefficient (Wildman–Crippen LogP) is 1.27. The van der Waals surface area contributed by atoms with Gasteiger partial charge in [-0.1, -0.05) is 6.07 Å². The van der Waals surface area contributed by atoms with E-state index in [4.69, 9.17) is 15.2 Å². The van der Waals surface area contributed by atoms with Crippen molar-refractivity contribution < 1.29 is 23.9 Å². The Morgan fingerprint density at radius 2 is 1.72 bits per heavy atom. The third-order valence-corrected chi connectivity index (χ3v) is 4.36. The highest BCUT2D eigenvalue weighted by molar-refractivity contribution is 5.94. The standard InChI is InChI=1S/C18H26N2O5/c1-12(21)18(9-8-16(19)22,11-17(23)20(2)3)13-6-7-14(24-4)15(10-13)25-5/h6-7,10H,8-9,11H2,1-5H3,(H2,19,22). The van der Waals surface area contributed by atoms with Crippen molar-refractivity contribution in [2.24, 2.45) is 5.73 Å². The first-order chi connectivity index (χ1) is 11.7. The maximum absolute atomic E-state index is 12.6. The summed E-state index contributed by atoms with van der Waals surface area (Å²) < 4.78 is 10.5. The van der Waals surface area contributed by atoms with E-state index in [0.717, 1.165) is 0 Å². The van der Waals surface area contributed by atoms with Crippen LogP contribution in [0.15, 0.2) is 18.2 Å². The lowest BCUT2D eigenvalue weighted by Crippen LogP contribution is -2.40. The molecule has 2 amide bonds. The SMILES string of the molecule is COc1ccc(C(CCC(N)=O)(CC(=O)N(C)C)C(C)=O)cc1OC. The second-order valence-electron chi connectivity index (χ2n) is 6.14. The fraction of sp³-hybridized carbons (Fsp3) is 0.500. The molecule has 25 heavy (non-hydrogen) atoms. The lowest BCUT2D eigenvalue weighted by Gasteiger charge is -2.32. The number of primary amides is 1. The minimum absolute atomic E-state index is 0.00532. The molecule has 0 radical (unpaired) electrons. The average molecular weight is 350 g/mol. The molecule has 0 saturated carbocycles. The number of benzene rings is 1. The van der Waals surface area contributed by atoms with Gasteiger partial charge < -0.3 is 20.1 Å². The Balaban J connectivity index is 3.48. The zero-order valence-electron chi connectivity index (χ0n) is 15.4. The second kappa shape index (κ2) is 8.50. The van der Waals surface area contributed by atoms with Crippen LogP contribution in [-0.4, -0.2) is 50.8 Å². The second-order valence-corrected chi connectivity index (χ2v) is 6.14. The fourth-order valence-corrected chi connectivity index (χ4v) is 2.73. The molecule has 0 aliphatic rings. The van der Waals surface area contributed by atoms with Crippen LogP contribution < -0.4 is 15.2 Å². The molecule has 0 aromatic heterocycles. The minimum atomic E-state index is -1.16. The van der Waals surface area contributed by atoms with Crippen molar-refractivity contribution in [1.82, 2.24) is 4.90 Å². The van der Waals surface area contributed by atoms with Gasteiger partial charge in [0, 0.05) is 26.9 Å². The molecular formula is C18H26N2O5. The number of hydrogen-bond donors (Lipinski definition) is 1. The van der Waals surface area contributed by atoms with Crippen molar-refractivity contribution in [2.45, 2.75) is 31.6 Å². The van der Waals surface area contributed by atoms with Gasteiger partial charge in [0.2, 0.25) is 11.8 Å². The van der Waals surface area contributed by atoms with Crippen molar-refractivity contribution in [3.63, 3.8) is 0 Å². The molecule has 0 bridgehead atoms. The molecular weight excluding hydrogens is 324 g/mol. The predicted molar refractivity (Wildman–Crippen MR) is 93.6 cm³/mol. The van der Waals surface area contributed by atoms with Crippen molar-refractivity contribution in [1.29, 1.82) is 0 Å². The zero-order valence-corrected chi connectivity index (χ0v) is 15.4. The number of rotatable bonds is 9. The largest absolute Gasteiger partial charge is 0.493 e. The van der Waals surface area contributed by atoms with E-state index in [1.54, 1.807) is 32.3 Å². The van der Waals surface area contributed by atoms with Gasteiger partial charge in [-0.15, -0.1) is 0 Å². The number of amides is 2. The Morgan fingerprint density at radius 3 is 2.16 bits per heavy atom. The van der Waals surface area contributed by atoms with Crippen LogP contribution in [-0.2, 0) is 19.8 Å². The summed E-state index contributed by atoms with van der Waals surface area (Å²) in [7, 11) is 6.25. The summed E-state index contributed by atoms with van der Waals surface area (Å²) in [5, 5.41) is 0. The molecule has 1 aromatic rings. The molecule has 7 heteroatoms. The Kier molecular flexibility index (Phi) is 6.97. The van der Waals surface area contributed by atoms with Crippen LogP contribution in [0.4, 0.5) is 0 Å². The average Bonchev–Trinajstić information content (AvgIpc) is 2.57. The summed E-state index contributed by atoms with van der Waals surface area (Å²) in [6.07, 6.45) is 0.0828. The molecule has 2 N–H and O–H groups in total. The number of ketones is 1. The van der Waals surface area contributed by atoms with Crippen LogP contribution in [0.5, 0.6) is 11.5 Å². The van der Waals surface area contributed by atoms with Crippen LogP contribution >= 0.6 is 0 Å². The Bertz CT molecular complexity index is 657. The zero-order chi connectivity index (χ0) is 19.2. The van der Waals surface area contributed by atoms with E-state index in [9.17, 15) is 14.4 Å². The quantitative estimate of drug-likeness (QED) is 0.723. The van der Waals surface area contributed by atoms with E-state index >= 15 is 0 Å². The highest BCUT2D eigenvalue weighted by Crippen LogP contribution is 2.39. The summed E-state index contributed by atoms with van der Waals surface area (Å²) >= 11 is 0. The monoisotopic (exact) mass is 350 g/mol. The van der Waals surface area contributed by atoms with Gasteiger partial charge in [-0.3, -0.25) is 14.4 Å². The van der Waals surface area contributed by atoms with Gasteiger partial charge in [0.1, 0.15) is 5.78 Å². The number of hydrogen-bond acceptors (Lipinski definition) is 5. The van der Waals surface area contributed by atoms with Crippen LogP contribution in [0.2, 0.25) is 0 Å². The van der Waals surface area contributed by atoms with Crippen LogP contribution in [0, 0.1) is 0 Å². The van der Waals surface area contributed by atoms with E-state index in [1.165, 1.54) is 26.0 Å². The van der Waals surface area contributed by atoms with Crippen LogP contribution in [0.25, 0.3) is 0 Å². The number of carbonyl (C=O) groups is 3. The Labute approximate surface area is 148 Å². The first kappa shape index (κ1) is 20.5. The maximum Gasteiger partial charge on any atom is 0.223 e. The van der Waals surface area contributed by atoms with Crippen molar-refractivity contribution in [2.75, 3.05) is 28.3 Å². The number of ether oxygens (including phenoxy) is 2. The number of nitrogens with zero attached hydrogens (tertiary/aromatic N) is 1. The molecule has 0 aliphatic heterocycles. The highest BCUT2D eigenvalue weighted by Gasteiger charge is 2.40. The molecule has 7 nitrogen and oxygen atoms in total. The Hall–Kier alpha value is -2.57. The van der Waals surface area contributed by atoms with E-state index in [-0.39, 0.29) is 31.0 Å². The molecule has 0 spiro atoms. The molecule has 1 rings (SSSR count). The van der Waals surface area contributed by atoms with Crippen molar-refractivity contribution in [3.8, 4) is 11.5 Å². The van der Waals surface area contributed by atoms with Gasteiger partial charge in [-0.2, -0.15) is 0 Å². The molecule has 0 fully saturated rings. The molecule has 1 unspecified atom stereocenters. The lowest BCUT2D eigenvalue weighted by atomic mass is 9.70. The highest BCUT2D eigenvalue weighted by atomic mass is 16.5. The first-order valence-electron chi connectivity index (χ1n) is 7.90.